The molecular weight excluding hydrogens is 256 g/mol. The molecule has 1 unspecified atom stereocenters. The Balaban J connectivity index is 2.96. The monoisotopic (exact) mass is 278 g/mol. The number of rotatable bonds is 9. The third kappa shape index (κ3) is 4.61. The summed E-state index contributed by atoms with van der Waals surface area (Å²) in [7, 11) is 0. The third-order valence-corrected chi connectivity index (χ3v) is 2.80. The second-order valence-corrected chi connectivity index (χ2v) is 4.43. The average Bonchev–Trinajstić information content (AvgIpc) is 2.41. The van der Waals surface area contributed by atoms with E-state index in [0.29, 0.717) is 25.2 Å². The van der Waals surface area contributed by atoms with Crippen LogP contribution in [0.2, 0.25) is 0 Å². The normalized spacial score (nSPS) is 11.7. The van der Waals surface area contributed by atoms with Gasteiger partial charge in [0.25, 0.3) is 0 Å². The van der Waals surface area contributed by atoms with Crippen LogP contribution in [0.4, 0.5) is 0 Å². The summed E-state index contributed by atoms with van der Waals surface area (Å²) in [5.41, 5.74) is 0.883. The van der Waals surface area contributed by atoms with E-state index in [1.807, 2.05) is 19.9 Å². The Labute approximate surface area is 120 Å². The average molecular weight is 278 g/mol. The molecule has 1 rings (SSSR count). The van der Waals surface area contributed by atoms with Crippen molar-refractivity contribution in [3.05, 3.63) is 36.4 Å². The summed E-state index contributed by atoms with van der Waals surface area (Å²) in [6.07, 6.45) is 2.78. The molecule has 1 aromatic carbocycles. The van der Waals surface area contributed by atoms with Crippen molar-refractivity contribution in [1.82, 2.24) is 0 Å². The Hall–Kier alpha value is -1.97. The number of hydrogen-bond acceptors (Lipinski definition) is 3. The zero-order valence-electron chi connectivity index (χ0n) is 12.1. The van der Waals surface area contributed by atoms with Crippen molar-refractivity contribution < 1.29 is 19.4 Å². The number of carboxylic acid groups (broad SMARTS) is 1. The molecule has 0 aromatic heterocycles. The highest BCUT2D eigenvalue weighted by molar-refractivity contribution is 5.72. The van der Waals surface area contributed by atoms with Gasteiger partial charge in [0.2, 0.25) is 0 Å². The first-order valence-corrected chi connectivity index (χ1v) is 6.88. The first kappa shape index (κ1) is 16.1. The van der Waals surface area contributed by atoms with E-state index in [0.717, 1.165) is 17.7 Å². The number of carboxylic acids is 1. The lowest BCUT2D eigenvalue weighted by Crippen LogP contribution is -2.27. The molecule has 0 heterocycles. The van der Waals surface area contributed by atoms with Crippen LogP contribution in [0.3, 0.4) is 0 Å². The SMILES string of the molecule is C=CCc1cc(OCC)ccc1OC(CCC)C(=O)O. The standard InChI is InChI=1S/C16H22O4/c1-4-7-12-11-13(19-6-3)9-10-14(12)20-15(8-5-2)16(17)18/h4,9-11,15H,1,5-8H2,2-3H3,(H,17,18). The van der Waals surface area contributed by atoms with E-state index in [1.54, 1.807) is 18.2 Å². The van der Waals surface area contributed by atoms with Crippen LogP contribution in [-0.4, -0.2) is 23.8 Å². The number of allylic oxidation sites excluding steroid dienone is 1. The first-order valence-electron chi connectivity index (χ1n) is 6.88. The zero-order valence-corrected chi connectivity index (χ0v) is 12.1. The van der Waals surface area contributed by atoms with Gasteiger partial charge in [-0.3, -0.25) is 0 Å². The van der Waals surface area contributed by atoms with Gasteiger partial charge in [0, 0.05) is 5.56 Å². The van der Waals surface area contributed by atoms with E-state index in [9.17, 15) is 4.79 Å². The van der Waals surface area contributed by atoms with Gasteiger partial charge in [-0.1, -0.05) is 19.4 Å². The van der Waals surface area contributed by atoms with E-state index < -0.39 is 12.1 Å². The second kappa shape index (κ2) is 8.25. The van der Waals surface area contributed by atoms with Crippen molar-refractivity contribution in [2.24, 2.45) is 0 Å². The lowest BCUT2D eigenvalue weighted by molar-refractivity contribution is -0.145. The van der Waals surface area contributed by atoms with Crippen molar-refractivity contribution in [1.29, 1.82) is 0 Å². The lowest BCUT2D eigenvalue weighted by atomic mass is 10.1. The molecule has 0 fully saturated rings. The molecule has 0 aliphatic rings. The Bertz CT molecular complexity index is 454. The molecule has 1 atom stereocenters. The lowest BCUT2D eigenvalue weighted by Gasteiger charge is -2.17. The summed E-state index contributed by atoms with van der Waals surface area (Å²) in [5.74, 6) is 0.388. The predicted octanol–water partition coefficient (Wildman–Crippen LogP) is 3.45. The number of carbonyl (C=O) groups is 1. The molecular formula is C16H22O4. The summed E-state index contributed by atoms with van der Waals surface area (Å²) in [6.45, 7) is 8.14. The third-order valence-electron chi connectivity index (χ3n) is 2.80. The summed E-state index contributed by atoms with van der Waals surface area (Å²) in [6, 6.07) is 5.41. The fraction of sp³-hybridized carbons (Fsp3) is 0.438. The molecule has 0 aliphatic carbocycles. The van der Waals surface area contributed by atoms with Gasteiger partial charge in [-0.15, -0.1) is 6.58 Å². The van der Waals surface area contributed by atoms with Crippen LogP contribution in [0, 0.1) is 0 Å². The van der Waals surface area contributed by atoms with Crippen molar-refractivity contribution in [3.8, 4) is 11.5 Å². The molecule has 0 bridgehead atoms. The Morgan fingerprint density at radius 1 is 1.45 bits per heavy atom. The Morgan fingerprint density at radius 3 is 2.75 bits per heavy atom. The molecule has 0 saturated carbocycles. The molecule has 0 spiro atoms. The van der Waals surface area contributed by atoms with E-state index in [-0.39, 0.29) is 0 Å². The molecule has 0 saturated heterocycles. The number of hydrogen-bond donors (Lipinski definition) is 1. The van der Waals surface area contributed by atoms with Crippen LogP contribution >= 0.6 is 0 Å². The van der Waals surface area contributed by atoms with Crippen molar-refractivity contribution in [2.75, 3.05) is 6.61 Å². The Kier molecular flexibility index (Phi) is 6.64. The highest BCUT2D eigenvalue weighted by Crippen LogP contribution is 2.26. The van der Waals surface area contributed by atoms with E-state index in [1.165, 1.54) is 0 Å². The number of benzene rings is 1. The van der Waals surface area contributed by atoms with E-state index in [4.69, 9.17) is 14.6 Å². The maximum atomic E-state index is 11.2. The maximum Gasteiger partial charge on any atom is 0.344 e. The van der Waals surface area contributed by atoms with Crippen LogP contribution < -0.4 is 9.47 Å². The predicted molar refractivity (Wildman–Crippen MR) is 78.5 cm³/mol. The minimum Gasteiger partial charge on any atom is -0.494 e. The van der Waals surface area contributed by atoms with Crippen LogP contribution in [0.5, 0.6) is 11.5 Å². The molecule has 4 nitrogen and oxygen atoms in total. The van der Waals surface area contributed by atoms with Gasteiger partial charge < -0.3 is 14.6 Å². The molecule has 4 heteroatoms. The maximum absolute atomic E-state index is 11.2. The topological polar surface area (TPSA) is 55.8 Å². The number of aliphatic carboxylic acids is 1. The largest absolute Gasteiger partial charge is 0.494 e. The molecule has 1 N–H and O–H groups in total. The summed E-state index contributed by atoms with van der Waals surface area (Å²) in [4.78, 5) is 11.2. The highest BCUT2D eigenvalue weighted by atomic mass is 16.5. The van der Waals surface area contributed by atoms with Gasteiger partial charge >= 0.3 is 5.97 Å². The minimum absolute atomic E-state index is 0.482. The van der Waals surface area contributed by atoms with Crippen molar-refractivity contribution in [3.63, 3.8) is 0 Å². The Morgan fingerprint density at radius 2 is 2.20 bits per heavy atom. The molecule has 0 radical (unpaired) electrons. The second-order valence-electron chi connectivity index (χ2n) is 4.43. The summed E-state index contributed by atoms with van der Waals surface area (Å²) >= 11 is 0. The zero-order chi connectivity index (χ0) is 15.0. The van der Waals surface area contributed by atoms with Crippen LogP contribution in [-0.2, 0) is 11.2 Å². The smallest absolute Gasteiger partial charge is 0.344 e. The van der Waals surface area contributed by atoms with Crippen molar-refractivity contribution in [2.45, 2.75) is 39.2 Å². The van der Waals surface area contributed by atoms with Crippen LogP contribution in [0.1, 0.15) is 32.3 Å². The van der Waals surface area contributed by atoms with Gasteiger partial charge in [-0.25, -0.2) is 4.79 Å². The molecule has 110 valence electrons. The molecule has 20 heavy (non-hydrogen) atoms. The van der Waals surface area contributed by atoms with Gasteiger partial charge in [0.15, 0.2) is 6.10 Å². The summed E-state index contributed by atoms with van der Waals surface area (Å²) < 4.78 is 11.1. The molecule has 0 amide bonds. The van der Waals surface area contributed by atoms with Gasteiger partial charge in [-0.2, -0.15) is 0 Å². The summed E-state index contributed by atoms with van der Waals surface area (Å²) in [5, 5.41) is 9.16. The quantitative estimate of drug-likeness (QED) is 0.703. The highest BCUT2D eigenvalue weighted by Gasteiger charge is 2.19. The van der Waals surface area contributed by atoms with E-state index >= 15 is 0 Å². The van der Waals surface area contributed by atoms with Gasteiger partial charge in [0.1, 0.15) is 11.5 Å². The fourth-order valence-corrected chi connectivity index (χ4v) is 1.89. The fourth-order valence-electron chi connectivity index (χ4n) is 1.89. The van der Waals surface area contributed by atoms with Crippen LogP contribution in [0.25, 0.3) is 0 Å². The number of ether oxygens (including phenoxy) is 2. The molecule has 1 aromatic rings. The van der Waals surface area contributed by atoms with Crippen molar-refractivity contribution >= 4 is 5.97 Å². The van der Waals surface area contributed by atoms with Crippen LogP contribution in [0.15, 0.2) is 30.9 Å². The van der Waals surface area contributed by atoms with E-state index in [2.05, 4.69) is 6.58 Å². The first-order chi connectivity index (χ1) is 9.62. The minimum atomic E-state index is -0.940. The molecule has 0 aliphatic heterocycles. The van der Waals surface area contributed by atoms with Gasteiger partial charge in [0.05, 0.1) is 6.61 Å². The van der Waals surface area contributed by atoms with Gasteiger partial charge in [-0.05, 0) is 38.0 Å².